The van der Waals surface area contributed by atoms with Crippen molar-refractivity contribution >= 4 is 21.7 Å². The van der Waals surface area contributed by atoms with Crippen LogP contribution >= 0.6 is 0 Å². The van der Waals surface area contributed by atoms with Crippen molar-refractivity contribution in [1.29, 1.82) is 0 Å². The summed E-state index contributed by atoms with van der Waals surface area (Å²) in [6.07, 6.45) is 1.86. The predicted octanol–water partition coefficient (Wildman–Crippen LogP) is 0.0573. The molecule has 0 aromatic heterocycles. The highest BCUT2D eigenvalue weighted by Gasteiger charge is 2.40. The smallest absolute Gasteiger partial charge is 0.311 e. The maximum Gasteiger partial charge on any atom is 0.311 e. The van der Waals surface area contributed by atoms with Gasteiger partial charge in [-0.15, -0.1) is 0 Å². The van der Waals surface area contributed by atoms with Crippen LogP contribution in [0.15, 0.2) is 0 Å². The molecule has 8 heteroatoms. The van der Waals surface area contributed by atoms with Crippen LogP contribution in [0.3, 0.4) is 0 Å². The molecule has 0 aromatic carbocycles. The predicted molar refractivity (Wildman–Crippen MR) is 92.3 cm³/mol. The molecule has 0 saturated carbocycles. The average molecular weight is 359 g/mol. The largest absolute Gasteiger partial charge is 0.345 e. The number of likely N-dealkylation sites (N-methyl/N-ethyl adjacent to an activating group) is 1. The monoisotopic (exact) mass is 359 g/mol. The normalized spacial score (nSPS) is 28.3. The van der Waals surface area contributed by atoms with E-state index in [9.17, 15) is 18.0 Å². The van der Waals surface area contributed by atoms with Crippen molar-refractivity contribution in [3.8, 4) is 0 Å². The van der Waals surface area contributed by atoms with Crippen LogP contribution in [0.1, 0.15) is 47.0 Å². The van der Waals surface area contributed by atoms with Crippen LogP contribution in [0.4, 0.5) is 0 Å². The molecule has 1 atom stereocenters. The molecule has 2 aliphatic heterocycles. The zero-order valence-corrected chi connectivity index (χ0v) is 16.0. The zero-order chi connectivity index (χ0) is 18.3. The SMILES string of the molecule is CN(C(=O)C(=O)NC1CC(C)(C)NC(C)(C)C1)C1CCS(=O)(=O)C1. The van der Waals surface area contributed by atoms with Gasteiger partial charge in [0.1, 0.15) is 0 Å². The van der Waals surface area contributed by atoms with E-state index in [0.29, 0.717) is 6.42 Å². The molecular weight excluding hydrogens is 330 g/mol. The van der Waals surface area contributed by atoms with Gasteiger partial charge < -0.3 is 15.5 Å². The molecule has 2 rings (SSSR count). The summed E-state index contributed by atoms with van der Waals surface area (Å²) in [7, 11) is -1.59. The second-order valence-corrected chi connectivity index (χ2v) is 10.7. The van der Waals surface area contributed by atoms with E-state index in [-0.39, 0.29) is 28.6 Å². The van der Waals surface area contributed by atoms with Gasteiger partial charge in [0, 0.05) is 30.2 Å². The molecule has 138 valence electrons. The summed E-state index contributed by atoms with van der Waals surface area (Å²) < 4.78 is 23.1. The molecule has 0 radical (unpaired) electrons. The number of sulfone groups is 1. The van der Waals surface area contributed by atoms with Gasteiger partial charge in [-0.25, -0.2) is 8.42 Å². The van der Waals surface area contributed by atoms with Gasteiger partial charge in [-0.3, -0.25) is 9.59 Å². The standard InChI is InChI=1S/C16H29N3O4S/c1-15(2)8-11(9-16(3,4)18-15)17-13(20)14(21)19(5)12-6-7-24(22,23)10-12/h11-12,18H,6-10H2,1-5H3,(H,17,20). The fourth-order valence-electron chi connectivity index (χ4n) is 4.08. The van der Waals surface area contributed by atoms with Crippen molar-refractivity contribution in [3.05, 3.63) is 0 Å². The highest BCUT2D eigenvalue weighted by atomic mass is 32.2. The fraction of sp³-hybridized carbons (Fsp3) is 0.875. The molecule has 2 fully saturated rings. The van der Waals surface area contributed by atoms with Crippen molar-refractivity contribution in [2.45, 2.75) is 70.1 Å². The summed E-state index contributed by atoms with van der Waals surface area (Å²) in [4.78, 5) is 25.9. The minimum Gasteiger partial charge on any atom is -0.345 e. The van der Waals surface area contributed by atoms with Crippen molar-refractivity contribution in [2.75, 3.05) is 18.6 Å². The van der Waals surface area contributed by atoms with Gasteiger partial charge >= 0.3 is 11.8 Å². The second kappa shape index (κ2) is 6.29. The lowest BCUT2D eigenvalue weighted by atomic mass is 9.79. The number of piperidine rings is 1. The number of nitrogens with one attached hydrogen (secondary N) is 2. The van der Waals surface area contributed by atoms with E-state index in [1.54, 1.807) is 0 Å². The van der Waals surface area contributed by atoms with E-state index in [0.717, 1.165) is 12.8 Å². The van der Waals surface area contributed by atoms with Gasteiger partial charge in [-0.2, -0.15) is 0 Å². The van der Waals surface area contributed by atoms with Crippen LogP contribution in [0.25, 0.3) is 0 Å². The van der Waals surface area contributed by atoms with Gasteiger partial charge in [0.2, 0.25) is 0 Å². The first kappa shape index (κ1) is 19.2. The third-order valence-electron chi connectivity index (χ3n) is 4.80. The minimum absolute atomic E-state index is 0.0596. The van der Waals surface area contributed by atoms with E-state index in [4.69, 9.17) is 0 Å². The Balaban J connectivity index is 1.97. The molecule has 2 aliphatic rings. The number of rotatable bonds is 2. The van der Waals surface area contributed by atoms with Crippen LogP contribution in [0, 0.1) is 0 Å². The maximum atomic E-state index is 12.3. The molecule has 0 aromatic rings. The second-order valence-electron chi connectivity index (χ2n) is 8.44. The minimum atomic E-state index is -3.09. The number of carbonyl (C=O) groups is 2. The lowest BCUT2D eigenvalue weighted by Gasteiger charge is -2.46. The number of carbonyl (C=O) groups excluding carboxylic acids is 2. The Labute approximate surface area is 144 Å². The summed E-state index contributed by atoms with van der Waals surface area (Å²) >= 11 is 0. The Morgan fingerprint density at radius 1 is 1.12 bits per heavy atom. The first-order valence-corrected chi connectivity index (χ1v) is 10.2. The first-order valence-electron chi connectivity index (χ1n) is 8.38. The molecule has 24 heavy (non-hydrogen) atoms. The Bertz CT molecular complexity index is 611. The van der Waals surface area contributed by atoms with Crippen molar-refractivity contribution in [1.82, 2.24) is 15.5 Å². The Hall–Kier alpha value is -1.15. The van der Waals surface area contributed by atoms with Gasteiger partial charge in [-0.05, 0) is 47.0 Å². The first-order chi connectivity index (χ1) is 10.8. The van der Waals surface area contributed by atoms with Crippen molar-refractivity contribution in [2.24, 2.45) is 0 Å². The van der Waals surface area contributed by atoms with E-state index < -0.39 is 27.7 Å². The van der Waals surface area contributed by atoms with Crippen LogP contribution in [-0.2, 0) is 19.4 Å². The van der Waals surface area contributed by atoms with Crippen molar-refractivity contribution in [3.63, 3.8) is 0 Å². The molecule has 0 bridgehead atoms. The molecule has 7 nitrogen and oxygen atoms in total. The van der Waals surface area contributed by atoms with Gasteiger partial charge in [0.25, 0.3) is 0 Å². The van der Waals surface area contributed by atoms with Crippen LogP contribution < -0.4 is 10.6 Å². The van der Waals surface area contributed by atoms with Crippen LogP contribution in [0.5, 0.6) is 0 Å². The number of nitrogens with zero attached hydrogens (tertiary/aromatic N) is 1. The number of hydrogen-bond donors (Lipinski definition) is 2. The van der Waals surface area contributed by atoms with E-state index in [1.165, 1.54) is 11.9 Å². The number of hydrogen-bond acceptors (Lipinski definition) is 5. The molecule has 2 N–H and O–H groups in total. The summed E-state index contributed by atoms with van der Waals surface area (Å²) in [6.45, 7) is 8.30. The maximum absolute atomic E-state index is 12.3. The third-order valence-corrected chi connectivity index (χ3v) is 6.55. The summed E-state index contributed by atoms with van der Waals surface area (Å²) in [5.41, 5.74) is -0.262. The molecule has 1 unspecified atom stereocenters. The Kier molecular flexibility index (Phi) is 5.03. The quantitative estimate of drug-likeness (QED) is 0.680. The molecule has 2 heterocycles. The van der Waals surface area contributed by atoms with Gasteiger partial charge in [-0.1, -0.05) is 0 Å². The topological polar surface area (TPSA) is 95.6 Å². The fourth-order valence-corrected chi connectivity index (χ4v) is 5.85. The highest BCUT2D eigenvalue weighted by Crippen LogP contribution is 2.28. The zero-order valence-electron chi connectivity index (χ0n) is 15.2. The number of amides is 2. The molecular formula is C16H29N3O4S. The van der Waals surface area contributed by atoms with Crippen molar-refractivity contribution < 1.29 is 18.0 Å². The van der Waals surface area contributed by atoms with E-state index in [1.807, 2.05) is 0 Å². The van der Waals surface area contributed by atoms with E-state index >= 15 is 0 Å². The molecule has 2 amide bonds. The summed E-state index contributed by atoms with van der Waals surface area (Å²) in [5, 5.41) is 6.36. The summed E-state index contributed by atoms with van der Waals surface area (Å²) in [5.74, 6) is -1.30. The lowest BCUT2D eigenvalue weighted by molar-refractivity contribution is -0.146. The average Bonchev–Trinajstić information content (AvgIpc) is 2.73. The highest BCUT2D eigenvalue weighted by molar-refractivity contribution is 7.91. The Morgan fingerprint density at radius 3 is 2.12 bits per heavy atom. The van der Waals surface area contributed by atoms with Crippen LogP contribution in [0.2, 0.25) is 0 Å². The van der Waals surface area contributed by atoms with Crippen LogP contribution in [-0.4, -0.2) is 66.8 Å². The Morgan fingerprint density at radius 2 is 1.67 bits per heavy atom. The lowest BCUT2D eigenvalue weighted by Crippen LogP contribution is -2.63. The summed E-state index contributed by atoms with van der Waals surface area (Å²) in [6, 6.07) is -0.498. The third kappa shape index (κ3) is 4.69. The van der Waals surface area contributed by atoms with Gasteiger partial charge in [0.15, 0.2) is 9.84 Å². The molecule has 0 aliphatic carbocycles. The molecule has 0 spiro atoms. The molecule has 2 saturated heterocycles. The van der Waals surface area contributed by atoms with E-state index in [2.05, 4.69) is 38.3 Å². The van der Waals surface area contributed by atoms with Gasteiger partial charge in [0.05, 0.1) is 11.5 Å².